The molecular weight excluding hydrogens is 302 g/mol. The van der Waals surface area contributed by atoms with Gasteiger partial charge in [-0.1, -0.05) is 6.07 Å². The van der Waals surface area contributed by atoms with Gasteiger partial charge in [0.1, 0.15) is 5.60 Å². The van der Waals surface area contributed by atoms with Crippen LogP contribution in [-0.2, 0) is 22.4 Å². The molecule has 1 amide bonds. The number of aryl methyl sites for hydroxylation is 2. The fourth-order valence-electron chi connectivity index (χ4n) is 3.04. The van der Waals surface area contributed by atoms with Gasteiger partial charge >= 0.3 is 5.97 Å². The molecule has 132 valence electrons. The zero-order valence-electron chi connectivity index (χ0n) is 15.4. The summed E-state index contributed by atoms with van der Waals surface area (Å²) in [5.41, 5.74) is 2.98. The number of hydrogen-bond donors (Lipinski definition) is 0. The van der Waals surface area contributed by atoms with Gasteiger partial charge in [-0.15, -0.1) is 0 Å². The maximum absolute atomic E-state index is 12.5. The Morgan fingerprint density at radius 2 is 1.79 bits per heavy atom. The normalized spacial score (nSPS) is 14.0. The number of carbonyl (C=O) groups excluding carboxylic acids is 2. The van der Waals surface area contributed by atoms with Crippen LogP contribution in [0.2, 0.25) is 0 Å². The summed E-state index contributed by atoms with van der Waals surface area (Å²) in [6.07, 6.45) is 5.58. The summed E-state index contributed by atoms with van der Waals surface area (Å²) >= 11 is 0. The lowest BCUT2D eigenvalue weighted by molar-refractivity contribution is -0.154. The van der Waals surface area contributed by atoms with Crippen molar-refractivity contribution in [2.45, 2.75) is 64.9 Å². The molecule has 1 aromatic carbocycles. The average molecular weight is 331 g/mol. The third-order valence-corrected chi connectivity index (χ3v) is 4.24. The van der Waals surface area contributed by atoms with E-state index in [0.29, 0.717) is 19.4 Å². The van der Waals surface area contributed by atoms with Gasteiger partial charge in [0.2, 0.25) is 0 Å². The number of rotatable bonds is 5. The molecule has 2 rings (SSSR count). The van der Waals surface area contributed by atoms with Crippen LogP contribution in [0.25, 0.3) is 0 Å². The van der Waals surface area contributed by atoms with Crippen molar-refractivity contribution in [2.24, 2.45) is 0 Å². The van der Waals surface area contributed by atoms with Crippen LogP contribution in [0, 0.1) is 0 Å². The van der Waals surface area contributed by atoms with E-state index in [1.54, 1.807) is 11.9 Å². The Morgan fingerprint density at radius 1 is 1.12 bits per heavy atom. The summed E-state index contributed by atoms with van der Waals surface area (Å²) in [6.45, 7) is 6.12. The van der Waals surface area contributed by atoms with E-state index in [2.05, 4.69) is 6.07 Å². The van der Waals surface area contributed by atoms with Crippen molar-refractivity contribution in [1.29, 1.82) is 0 Å². The summed E-state index contributed by atoms with van der Waals surface area (Å²) in [6, 6.07) is 6.06. The molecule has 1 aromatic rings. The number of nitrogens with zero attached hydrogens (tertiary/aromatic N) is 1. The molecule has 0 bridgehead atoms. The highest BCUT2D eigenvalue weighted by Gasteiger charge is 2.18. The van der Waals surface area contributed by atoms with Gasteiger partial charge in [-0.2, -0.15) is 0 Å². The molecule has 0 unspecified atom stereocenters. The molecule has 4 heteroatoms. The van der Waals surface area contributed by atoms with Gasteiger partial charge in [-0.25, -0.2) is 0 Å². The Balaban J connectivity index is 1.85. The number of ether oxygens (including phenoxy) is 1. The lowest BCUT2D eigenvalue weighted by atomic mass is 9.90. The Hall–Kier alpha value is -1.84. The molecule has 1 aliphatic carbocycles. The first-order valence-corrected chi connectivity index (χ1v) is 8.85. The SMILES string of the molecule is CN(CCCC(=O)OC(C)(C)C)C(=O)c1ccc2c(c1)CCCC2. The molecule has 0 aromatic heterocycles. The highest BCUT2D eigenvalue weighted by molar-refractivity contribution is 5.94. The number of amides is 1. The van der Waals surface area contributed by atoms with Crippen LogP contribution in [-0.4, -0.2) is 36.0 Å². The molecule has 1 aliphatic rings. The highest BCUT2D eigenvalue weighted by atomic mass is 16.6. The first-order valence-electron chi connectivity index (χ1n) is 8.85. The third kappa shape index (κ3) is 5.36. The van der Waals surface area contributed by atoms with Gasteiger partial charge in [-0.05, 0) is 76.1 Å². The van der Waals surface area contributed by atoms with Gasteiger partial charge in [0, 0.05) is 25.6 Å². The van der Waals surface area contributed by atoms with Crippen molar-refractivity contribution in [1.82, 2.24) is 4.90 Å². The van der Waals surface area contributed by atoms with E-state index < -0.39 is 5.60 Å². The van der Waals surface area contributed by atoms with Crippen LogP contribution >= 0.6 is 0 Å². The summed E-state index contributed by atoms with van der Waals surface area (Å²) in [5, 5.41) is 0. The fourth-order valence-corrected chi connectivity index (χ4v) is 3.04. The molecule has 0 radical (unpaired) electrons. The molecule has 0 saturated heterocycles. The first kappa shape index (κ1) is 18.5. The second kappa shape index (κ2) is 7.82. The van der Waals surface area contributed by atoms with Crippen LogP contribution in [0.1, 0.15) is 67.9 Å². The second-order valence-corrected chi connectivity index (χ2v) is 7.61. The smallest absolute Gasteiger partial charge is 0.306 e. The maximum atomic E-state index is 12.5. The monoisotopic (exact) mass is 331 g/mol. The summed E-state index contributed by atoms with van der Waals surface area (Å²) in [5.74, 6) is -0.190. The van der Waals surface area contributed by atoms with Crippen LogP contribution < -0.4 is 0 Å². The number of carbonyl (C=O) groups is 2. The second-order valence-electron chi connectivity index (χ2n) is 7.61. The Kier molecular flexibility index (Phi) is 6.03. The standard InChI is InChI=1S/C20H29NO3/c1-20(2,3)24-18(22)10-7-13-21(4)19(23)17-12-11-15-8-5-6-9-16(15)14-17/h11-12,14H,5-10,13H2,1-4H3. The number of hydrogen-bond acceptors (Lipinski definition) is 3. The minimum absolute atomic E-state index is 0.0209. The van der Waals surface area contributed by atoms with Crippen LogP contribution in [0.4, 0.5) is 0 Å². The van der Waals surface area contributed by atoms with E-state index in [4.69, 9.17) is 4.74 Å². The lowest BCUT2D eigenvalue weighted by Crippen LogP contribution is -2.29. The average Bonchev–Trinajstić information content (AvgIpc) is 2.51. The minimum Gasteiger partial charge on any atom is -0.460 e. The molecule has 0 fully saturated rings. The van der Waals surface area contributed by atoms with E-state index in [9.17, 15) is 9.59 Å². The Labute approximate surface area is 145 Å². The molecule has 0 aliphatic heterocycles. The zero-order valence-corrected chi connectivity index (χ0v) is 15.4. The van der Waals surface area contributed by atoms with E-state index in [0.717, 1.165) is 18.4 Å². The van der Waals surface area contributed by atoms with Crippen molar-refractivity contribution in [2.75, 3.05) is 13.6 Å². The van der Waals surface area contributed by atoms with Gasteiger partial charge in [0.25, 0.3) is 5.91 Å². The van der Waals surface area contributed by atoms with Crippen molar-refractivity contribution in [3.05, 3.63) is 34.9 Å². The number of esters is 1. The van der Waals surface area contributed by atoms with Gasteiger partial charge in [-0.3, -0.25) is 9.59 Å². The quantitative estimate of drug-likeness (QED) is 0.772. The molecule has 0 heterocycles. The Bertz CT molecular complexity index is 601. The third-order valence-electron chi connectivity index (χ3n) is 4.24. The predicted molar refractivity (Wildman–Crippen MR) is 95.1 cm³/mol. The molecule has 0 atom stereocenters. The lowest BCUT2D eigenvalue weighted by Gasteiger charge is -2.21. The molecule has 24 heavy (non-hydrogen) atoms. The van der Waals surface area contributed by atoms with Gasteiger partial charge < -0.3 is 9.64 Å². The minimum atomic E-state index is -0.456. The van der Waals surface area contributed by atoms with Crippen LogP contribution in [0.5, 0.6) is 0 Å². The van der Waals surface area contributed by atoms with Crippen molar-refractivity contribution >= 4 is 11.9 Å². The maximum Gasteiger partial charge on any atom is 0.306 e. The molecule has 0 N–H and O–H groups in total. The number of benzene rings is 1. The topological polar surface area (TPSA) is 46.6 Å². The fraction of sp³-hybridized carbons (Fsp3) is 0.600. The van der Waals surface area contributed by atoms with E-state index in [-0.39, 0.29) is 11.9 Å². The van der Waals surface area contributed by atoms with E-state index in [1.165, 1.54) is 24.0 Å². The summed E-state index contributed by atoms with van der Waals surface area (Å²) < 4.78 is 5.28. The highest BCUT2D eigenvalue weighted by Crippen LogP contribution is 2.22. The zero-order chi connectivity index (χ0) is 17.7. The Morgan fingerprint density at radius 3 is 2.46 bits per heavy atom. The molecule has 4 nitrogen and oxygen atoms in total. The molecular formula is C20H29NO3. The predicted octanol–water partition coefficient (Wildman–Crippen LogP) is 3.76. The van der Waals surface area contributed by atoms with E-state index >= 15 is 0 Å². The van der Waals surface area contributed by atoms with Gasteiger partial charge in [0.15, 0.2) is 0 Å². The largest absolute Gasteiger partial charge is 0.460 e. The van der Waals surface area contributed by atoms with Crippen LogP contribution in [0.3, 0.4) is 0 Å². The van der Waals surface area contributed by atoms with Crippen molar-refractivity contribution in [3.8, 4) is 0 Å². The van der Waals surface area contributed by atoms with E-state index in [1.807, 2.05) is 32.9 Å². The van der Waals surface area contributed by atoms with Crippen molar-refractivity contribution < 1.29 is 14.3 Å². The summed E-state index contributed by atoms with van der Waals surface area (Å²) in [4.78, 5) is 25.9. The van der Waals surface area contributed by atoms with Crippen LogP contribution in [0.15, 0.2) is 18.2 Å². The molecule has 0 saturated carbocycles. The first-order chi connectivity index (χ1) is 11.3. The van der Waals surface area contributed by atoms with Crippen molar-refractivity contribution in [3.63, 3.8) is 0 Å². The molecule has 0 spiro atoms. The number of fused-ring (bicyclic) bond motifs is 1. The van der Waals surface area contributed by atoms with Gasteiger partial charge in [0.05, 0.1) is 0 Å². The summed E-state index contributed by atoms with van der Waals surface area (Å²) in [7, 11) is 1.79.